The lowest BCUT2D eigenvalue weighted by molar-refractivity contribution is -0.109. The quantitative estimate of drug-likeness (QED) is 0.695. The fourth-order valence-electron chi connectivity index (χ4n) is 1.46. The van der Waals surface area contributed by atoms with Crippen LogP contribution in [-0.2, 0) is 4.79 Å². The van der Waals surface area contributed by atoms with Gasteiger partial charge >= 0.3 is 0 Å². The van der Waals surface area contributed by atoms with E-state index in [1.807, 2.05) is 12.2 Å². The number of hydrogen-bond acceptors (Lipinski definition) is 4. The summed E-state index contributed by atoms with van der Waals surface area (Å²) < 4.78 is 0. The summed E-state index contributed by atoms with van der Waals surface area (Å²) in [5, 5.41) is 1.24. The number of nitrogens with zero attached hydrogens (tertiary/aromatic N) is 2. The average molecular weight is 302 g/mol. The molecule has 0 aromatic carbocycles. The molecule has 0 saturated heterocycles. The van der Waals surface area contributed by atoms with E-state index in [9.17, 15) is 4.79 Å². The molecular weight excluding hydrogens is 293 g/mol. The fourth-order valence-corrected chi connectivity index (χ4v) is 2.38. The van der Waals surface area contributed by atoms with Gasteiger partial charge in [-0.05, 0) is 11.6 Å². The number of nitrogens with one attached hydrogen (secondary N) is 1. The first kappa shape index (κ1) is 13.4. The number of aromatic nitrogens is 3. The predicted molar refractivity (Wildman–Crippen MR) is 76.1 cm³/mol. The van der Waals surface area contributed by atoms with Crippen LogP contribution >= 0.6 is 35.0 Å². The Hall–Kier alpha value is -1.04. The summed E-state index contributed by atoms with van der Waals surface area (Å²) in [6, 6.07) is 0. The summed E-state index contributed by atoms with van der Waals surface area (Å²) >= 11 is 13.0. The van der Waals surface area contributed by atoms with Crippen molar-refractivity contribution < 1.29 is 4.79 Å². The molecule has 2 aromatic heterocycles. The molecule has 0 unspecified atom stereocenters. The SMILES string of the molecule is CC(=O)SCC=Cc1c[nH]c2nc(Cl)nc(Cl)c12. The van der Waals surface area contributed by atoms with Crippen LogP contribution in [0.5, 0.6) is 0 Å². The highest BCUT2D eigenvalue weighted by molar-refractivity contribution is 8.13. The predicted octanol–water partition coefficient (Wildman–Crippen LogP) is 3.56. The molecule has 0 amide bonds. The summed E-state index contributed by atoms with van der Waals surface area (Å²) in [7, 11) is 0. The van der Waals surface area contributed by atoms with E-state index in [-0.39, 0.29) is 10.4 Å². The van der Waals surface area contributed by atoms with Crippen LogP contribution in [0.15, 0.2) is 12.3 Å². The molecule has 0 aliphatic rings. The van der Waals surface area contributed by atoms with E-state index in [1.54, 1.807) is 6.20 Å². The van der Waals surface area contributed by atoms with Gasteiger partial charge in [-0.3, -0.25) is 4.79 Å². The number of hydrogen-bond donors (Lipinski definition) is 1. The minimum atomic E-state index is 0.0896. The van der Waals surface area contributed by atoms with E-state index in [4.69, 9.17) is 23.2 Å². The van der Waals surface area contributed by atoms with Crippen LogP contribution in [0.2, 0.25) is 10.4 Å². The summed E-state index contributed by atoms with van der Waals surface area (Å²) in [5.41, 5.74) is 1.47. The lowest BCUT2D eigenvalue weighted by atomic mass is 10.2. The monoisotopic (exact) mass is 301 g/mol. The van der Waals surface area contributed by atoms with Crippen LogP contribution < -0.4 is 0 Å². The standard InChI is InChI=1S/C11H9Cl2N3OS/c1-6(17)18-4-2-3-7-5-14-10-8(7)9(12)15-11(13)16-10/h2-3,5H,4H2,1H3,(H,14,15,16). The molecule has 2 aromatic rings. The van der Waals surface area contributed by atoms with Crippen molar-refractivity contribution in [3.63, 3.8) is 0 Å². The minimum absolute atomic E-state index is 0.0896. The molecule has 0 aliphatic carbocycles. The van der Waals surface area contributed by atoms with E-state index in [0.717, 1.165) is 10.9 Å². The van der Waals surface area contributed by atoms with Crippen molar-refractivity contribution in [2.24, 2.45) is 0 Å². The molecule has 4 nitrogen and oxygen atoms in total. The molecule has 2 rings (SSSR count). The minimum Gasteiger partial charge on any atom is -0.345 e. The van der Waals surface area contributed by atoms with Gasteiger partial charge in [0.25, 0.3) is 0 Å². The van der Waals surface area contributed by atoms with Gasteiger partial charge in [-0.25, -0.2) is 4.98 Å². The Morgan fingerprint density at radius 3 is 3.00 bits per heavy atom. The average Bonchev–Trinajstić information content (AvgIpc) is 2.67. The number of carbonyl (C=O) groups is 1. The zero-order chi connectivity index (χ0) is 13.1. The van der Waals surface area contributed by atoms with E-state index in [1.165, 1.54) is 18.7 Å². The first-order valence-electron chi connectivity index (χ1n) is 5.08. The second-order valence-corrected chi connectivity index (χ2v) is 5.35. The molecule has 0 fully saturated rings. The maximum atomic E-state index is 10.8. The van der Waals surface area contributed by atoms with Crippen molar-refractivity contribution in [1.29, 1.82) is 0 Å². The van der Waals surface area contributed by atoms with Crippen LogP contribution in [0.25, 0.3) is 17.1 Å². The number of fused-ring (bicyclic) bond motifs is 1. The van der Waals surface area contributed by atoms with Crippen LogP contribution in [0, 0.1) is 0 Å². The van der Waals surface area contributed by atoms with E-state index in [2.05, 4.69) is 15.0 Å². The summed E-state index contributed by atoms with van der Waals surface area (Å²) in [5.74, 6) is 0.619. The van der Waals surface area contributed by atoms with Gasteiger partial charge in [0.1, 0.15) is 10.8 Å². The Morgan fingerprint density at radius 1 is 1.50 bits per heavy atom. The lowest BCUT2D eigenvalue weighted by Gasteiger charge is -1.96. The topological polar surface area (TPSA) is 58.6 Å². The van der Waals surface area contributed by atoms with Crippen molar-refractivity contribution in [3.05, 3.63) is 28.3 Å². The van der Waals surface area contributed by atoms with Crippen LogP contribution in [-0.4, -0.2) is 25.8 Å². The highest BCUT2D eigenvalue weighted by Crippen LogP contribution is 2.26. The summed E-state index contributed by atoms with van der Waals surface area (Å²) in [6.07, 6.45) is 5.54. The van der Waals surface area contributed by atoms with Crippen LogP contribution in [0.1, 0.15) is 12.5 Å². The van der Waals surface area contributed by atoms with E-state index in [0.29, 0.717) is 16.6 Å². The number of aromatic amines is 1. The lowest BCUT2D eigenvalue weighted by Crippen LogP contribution is -1.85. The Balaban J connectivity index is 2.27. The highest BCUT2D eigenvalue weighted by atomic mass is 35.5. The number of rotatable bonds is 3. The zero-order valence-corrected chi connectivity index (χ0v) is 11.7. The van der Waals surface area contributed by atoms with Gasteiger partial charge in [0.15, 0.2) is 5.12 Å². The third-order valence-electron chi connectivity index (χ3n) is 2.17. The van der Waals surface area contributed by atoms with Gasteiger partial charge in [0.05, 0.1) is 5.39 Å². The molecule has 18 heavy (non-hydrogen) atoms. The van der Waals surface area contributed by atoms with Crippen LogP contribution in [0.4, 0.5) is 0 Å². The van der Waals surface area contributed by atoms with Crippen LogP contribution in [0.3, 0.4) is 0 Å². The Kier molecular flexibility index (Phi) is 4.27. The van der Waals surface area contributed by atoms with Crippen molar-refractivity contribution in [2.45, 2.75) is 6.92 Å². The van der Waals surface area contributed by atoms with Gasteiger partial charge in [0, 0.05) is 24.4 Å². The van der Waals surface area contributed by atoms with Crippen molar-refractivity contribution in [2.75, 3.05) is 5.75 Å². The summed E-state index contributed by atoms with van der Waals surface area (Å²) in [4.78, 5) is 21.7. The van der Waals surface area contributed by atoms with E-state index >= 15 is 0 Å². The smallest absolute Gasteiger partial charge is 0.225 e. The maximum absolute atomic E-state index is 10.8. The number of H-pyrrole nitrogens is 1. The molecule has 94 valence electrons. The van der Waals surface area contributed by atoms with Gasteiger partial charge in [-0.15, -0.1) is 0 Å². The fraction of sp³-hybridized carbons (Fsp3) is 0.182. The summed E-state index contributed by atoms with van der Waals surface area (Å²) in [6.45, 7) is 1.54. The first-order valence-corrected chi connectivity index (χ1v) is 6.82. The maximum Gasteiger partial charge on any atom is 0.225 e. The highest BCUT2D eigenvalue weighted by Gasteiger charge is 2.09. The molecule has 1 N–H and O–H groups in total. The molecular formula is C11H9Cl2N3OS. The normalized spacial score (nSPS) is 11.5. The molecule has 0 atom stereocenters. The Bertz CT molecular complexity index is 624. The van der Waals surface area contributed by atoms with Gasteiger partial charge in [0.2, 0.25) is 5.28 Å². The second kappa shape index (κ2) is 5.73. The number of halogens is 2. The molecule has 0 aliphatic heterocycles. The van der Waals surface area contributed by atoms with Crippen molar-refractivity contribution in [3.8, 4) is 0 Å². The Labute approximate surface area is 118 Å². The molecule has 2 heterocycles. The van der Waals surface area contributed by atoms with Crippen molar-refractivity contribution in [1.82, 2.24) is 15.0 Å². The zero-order valence-electron chi connectivity index (χ0n) is 9.41. The molecule has 7 heteroatoms. The van der Waals surface area contributed by atoms with Gasteiger partial charge in [-0.2, -0.15) is 4.98 Å². The molecule has 0 spiro atoms. The van der Waals surface area contributed by atoms with E-state index < -0.39 is 0 Å². The van der Waals surface area contributed by atoms with Crippen molar-refractivity contribution >= 4 is 57.2 Å². The number of thioether (sulfide) groups is 1. The molecule has 0 saturated carbocycles. The third-order valence-corrected chi connectivity index (χ3v) is 3.38. The largest absolute Gasteiger partial charge is 0.345 e. The third kappa shape index (κ3) is 3.04. The number of carbonyl (C=O) groups excluding carboxylic acids is 1. The Morgan fingerprint density at radius 2 is 2.28 bits per heavy atom. The second-order valence-electron chi connectivity index (χ2n) is 3.46. The molecule has 0 bridgehead atoms. The van der Waals surface area contributed by atoms with Gasteiger partial charge < -0.3 is 4.98 Å². The van der Waals surface area contributed by atoms with Gasteiger partial charge in [-0.1, -0.05) is 35.5 Å². The molecule has 0 radical (unpaired) electrons. The first-order chi connectivity index (χ1) is 8.58.